The van der Waals surface area contributed by atoms with Crippen LogP contribution in [0.2, 0.25) is 0 Å². The van der Waals surface area contributed by atoms with Crippen molar-refractivity contribution in [2.75, 3.05) is 25.0 Å². The first-order chi connectivity index (χ1) is 14.0. The number of hydrogen-bond donors (Lipinski definition) is 2. The van der Waals surface area contributed by atoms with Crippen molar-refractivity contribution in [2.45, 2.75) is 25.7 Å². The number of carbonyl (C=O) groups is 3. The van der Waals surface area contributed by atoms with Gasteiger partial charge < -0.3 is 20.0 Å². The molecule has 0 unspecified atom stereocenters. The number of furan rings is 1. The number of hydrogen-bond acceptors (Lipinski definition) is 5. The number of piperidine rings is 1. The van der Waals surface area contributed by atoms with E-state index in [1.165, 1.54) is 6.26 Å². The van der Waals surface area contributed by atoms with Gasteiger partial charge in [0.2, 0.25) is 11.8 Å². The smallest absolute Gasteiger partial charge is 0.286 e. The maximum Gasteiger partial charge on any atom is 0.286 e. The monoisotopic (exact) mass is 462 g/mol. The third-order valence-corrected chi connectivity index (χ3v) is 5.19. The average molecular weight is 463 g/mol. The fourth-order valence-electron chi connectivity index (χ4n) is 3.19. The maximum atomic E-state index is 12.5. The van der Waals surface area contributed by atoms with Crippen LogP contribution in [0.1, 0.15) is 36.2 Å². The number of nitrogens with one attached hydrogen (secondary N) is 2. The number of anilines is 1. The van der Waals surface area contributed by atoms with Crippen molar-refractivity contribution in [2.24, 2.45) is 5.92 Å². The summed E-state index contributed by atoms with van der Waals surface area (Å²) in [6, 6.07) is 6.77. The highest BCUT2D eigenvalue weighted by molar-refractivity contribution is 9.10. The zero-order chi connectivity index (χ0) is 20.6. The molecule has 1 aliphatic heterocycles. The van der Waals surface area contributed by atoms with Gasteiger partial charge in [0.05, 0.1) is 12.2 Å². The van der Waals surface area contributed by atoms with Crippen molar-refractivity contribution < 1.29 is 18.8 Å². The van der Waals surface area contributed by atoms with Crippen LogP contribution in [0, 0.1) is 5.92 Å². The molecule has 1 aliphatic rings. The molecule has 9 heteroatoms. The minimum atomic E-state index is -0.293. The van der Waals surface area contributed by atoms with Crippen molar-refractivity contribution in [3.63, 3.8) is 0 Å². The number of carbonyl (C=O) groups excluding carboxylic acids is 3. The zero-order valence-corrected chi connectivity index (χ0v) is 17.5. The number of nitrogens with zero attached hydrogens (tertiary/aromatic N) is 2. The van der Waals surface area contributed by atoms with Crippen LogP contribution >= 0.6 is 15.9 Å². The van der Waals surface area contributed by atoms with Gasteiger partial charge in [-0.1, -0.05) is 0 Å². The average Bonchev–Trinajstić information content (AvgIpc) is 3.27. The summed E-state index contributed by atoms with van der Waals surface area (Å²) in [7, 11) is 0. The molecule has 3 heterocycles. The predicted molar refractivity (Wildman–Crippen MR) is 110 cm³/mol. The molecule has 0 saturated carbocycles. The molecule has 0 aliphatic carbocycles. The number of likely N-dealkylation sites (tertiary alicyclic amines) is 1. The molecule has 2 aromatic rings. The van der Waals surface area contributed by atoms with Crippen LogP contribution in [0.4, 0.5) is 5.82 Å². The van der Waals surface area contributed by atoms with Crippen LogP contribution in [0.3, 0.4) is 0 Å². The predicted octanol–water partition coefficient (Wildman–Crippen LogP) is 2.82. The Labute approximate surface area is 177 Å². The van der Waals surface area contributed by atoms with Crippen LogP contribution < -0.4 is 10.6 Å². The summed E-state index contributed by atoms with van der Waals surface area (Å²) in [4.78, 5) is 42.7. The van der Waals surface area contributed by atoms with E-state index in [0.29, 0.717) is 38.3 Å². The second-order valence-corrected chi connectivity index (χ2v) is 7.78. The van der Waals surface area contributed by atoms with Crippen molar-refractivity contribution in [3.8, 4) is 0 Å². The molecule has 1 saturated heterocycles. The van der Waals surface area contributed by atoms with E-state index in [-0.39, 0.29) is 29.4 Å². The van der Waals surface area contributed by atoms with E-state index in [1.807, 2.05) is 6.07 Å². The van der Waals surface area contributed by atoms with Crippen molar-refractivity contribution in [1.82, 2.24) is 15.2 Å². The van der Waals surface area contributed by atoms with Crippen LogP contribution in [0.15, 0.2) is 45.6 Å². The molecular formula is C20H23BrN4O4. The highest BCUT2D eigenvalue weighted by Gasteiger charge is 2.28. The van der Waals surface area contributed by atoms with E-state index in [9.17, 15) is 14.4 Å². The van der Waals surface area contributed by atoms with Gasteiger partial charge in [0.25, 0.3) is 5.91 Å². The Morgan fingerprint density at radius 1 is 1.28 bits per heavy atom. The van der Waals surface area contributed by atoms with Gasteiger partial charge in [0.1, 0.15) is 5.82 Å². The Balaban J connectivity index is 1.41. The van der Waals surface area contributed by atoms with E-state index < -0.39 is 0 Å². The largest absolute Gasteiger partial charge is 0.459 e. The molecule has 2 N–H and O–H groups in total. The first-order valence-corrected chi connectivity index (χ1v) is 10.3. The van der Waals surface area contributed by atoms with E-state index in [4.69, 9.17) is 4.42 Å². The van der Waals surface area contributed by atoms with Crippen molar-refractivity contribution in [1.29, 1.82) is 0 Å². The minimum absolute atomic E-state index is 0.00323. The van der Waals surface area contributed by atoms with Gasteiger partial charge in [-0.25, -0.2) is 4.98 Å². The third kappa shape index (κ3) is 6.15. The van der Waals surface area contributed by atoms with Gasteiger partial charge in [0.15, 0.2) is 5.76 Å². The lowest BCUT2D eigenvalue weighted by Crippen LogP contribution is -2.44. The lowest BCUT2D eigenvalue weighted by molar-refractivity contribution is -0.134. The minimum Gasteiger partial charge on any atom is -0.459 e. The van der Waals surface area contributed by atoms with Crippen LogP contribution in [0.5, 0.6) is 0 Å². The second kappa shape index (κ2) is 10.2. The number of rotatable bonds is 7. The Morgan fingerprint density at radius 3 is 2.86 bits per heavy atom. The van der Waals surface area contributed by atoms with Gasteiger partial charge in [-0.15, -0.1) is 0 Å². The molecule has 3 amide bonds. The summed E-state index contributed by atoms with van der Waals surface area (Å²) in [6.45, 7) is 1.44. The summed E-state index contributed by atoms with van der Waals surface area (Å²) >= 11 is 3.31. The summed E-state index contributed by atoms with van der Waals surface area (Å²) in [5.41, 5.74) is 0. The van der Waals surface area contributed by atoms with Crippen LogP contribution in [-0.2, 0) is 9.59 Å². The molecule has 0 radical (unpaired) electrons. The normalized spacial score (nSPS) is 16.3. The van der Waals surface area contributed by atoms with Gasteiger partial charge in [-0.3, -0.25) is 14.4 Å². The number of amides is 3. The van der Waals surface area contributed by atoms with Crippen LogP contribution in [0.25, 0.3) is 0 Å². The summed E-state index contributed by atoms with van der Waals surface area (Å²) in [5, 5.41) is 5.53. The number of aromatic nitrogens is 1. The van der Waals surface area contributed by atoms with Crippen molar-refractivity contribution >= 4 is 39.5 Å². The third-order valence-electron chi connectivity index (χ3n) is 4.72. The summed E-state index contributed by atoms with van der Waals surface area (Å²) < 4.78 is 5.86. The lowest BCUT2D eigenvalue weighted by Gasteiger charge is -2.32. The van der Waals surface area contributed by atoms with Gasteiger partial charge in [0, 0.05) is 36.7 Å². The second-order valence-electron chi connectivity index (χ2n) is 6.87. The first kappa shape index (κ1) is 21.0. The molecule has 1 atom stereocenters. The Kier molecular flexibility index (Phi) is 7.40. The summed E-state index contributed by atoms with van der Waals surface area (Å²) in [6.07, 6.45) is 5.44. The molecule has 0 bridgehead atoms. The summed E-state index contributed by atoms with van der Waals surface area (Å²) in [5.74, 6) is 0.0745. The molecule has 8 nitrogen and oxygen atoms in total. The molecule has 0 aromatic carbocycles. The fourth-order valence-corrected chi connectivity index (χ4v) is 3.42. The highest BCUT2D eigenvalue weighted by Crippen LogP contribution is 2.20. The number of halogens is 1. The van der Waals surface area contributed by atoms with E-state index in [2.05, 4.69) is 31.5 Å². The maximum absolute atomic E-state index is 12.5. The van der Waals surface area contributed by atoms with E-state index >= 15 is 0 Å². The van der Waals surface area contributed by atoms with E-state index in [1.54, 1.807) is 29.3 Å². The standard InChI is InChI=1S/C20H23BrN4O4/c21-15-7-8-17(23-12-15)24-19(27)14-4-2-10-25(13-14)18(26)6-1-9-22-20(28)16-5-3-11-29-16/h3,5,7-8,11-12,14H,1-2,4,6,9-10,13H2,(H,22,28)(H,23,24,27)/t14-/m1/s1. The lowest BCUT2D eigenvalue weighted by atomic mass is 9.96. The molecule has 0 spiro atoms. The molecular weight excluding hydrogens is 440 g/mol. The quantitative estimate of drug-likeness (QED) is 0.615. The topological polar surface area (TPSA) is 105 Å². The molecule has 29 heavy (non-hydrogen) atoms. The highest BCUT2D eigenvalue weighted by atomic mass is 79.9. The van der Waals surface area contributed by atoms with Crippen molar-refractivity contribution in [3.05, 3.63) is 47.0 Å². The van der Waals surface area contributed by atoms with E-state index in [0.717, 1.165) is 17.3 Å². The Bertz CT molecular complexity index is 839. The van der Waals surface area contributed by atoms with Gasteiger partial charge in [-0.05, 0) is 59.5 Å². The molecule has 2 aromatic heterocycles. The zero-order valence-electron chi connectivity index (χ0n) is 15.9. The van der Waals surface area contributed by atoms with Gasteiger partial charge >= 0.3 is 0 Å². The Morgan fingerprint density at radius 2 is 2.14 bits per heavy atom. The molecule has 1 fully saturated rings. The first-order valence-electron chi connectivity index (χ1n) is 9.55. The SMILES string of the molecule is O=C(NCCCC(=O)N1CCC[C@@H](C(=O)Nc2ccc(Br)cn2)C1)c1ccco1. The fraction of sp³-hybridized carbons (Fsp3) is 0.400. The molecule has 154 valence electrons. The van der Waals surface area contributed by atoms with Crippen LogP contribution in [-0.4, -0.2) is 47.2 Å². The van der Waals surface area contributed by atoms with Gasteiger partial charge in [-0.2, -0.15) is 0 Å². The Hall–Kier alpha value is -2.68. The molecule has 3 rings (SSSR count). The number of pyridine rings is 1.